The van der Waals surface area contributed by atoms with Gasteiger partial charge in [-0.1, -0.05) is 85.7 Å². The number of aromatic nitrogens is 3. The standard InChI is InChI=1S/C24H23N3O2S/c1-2-3-9-16-29-20-13-8-7-12-19(20)17-21-23(28)27-24(30-21)25-22(26-27)15-14-18-10-5-4-6-11-18/h4-8,10-15,17H,2-3,9,16H2,1H3. The molecule has 152 valence electrons. The first-order chi connectivity index (χ1) is 14.7. The third-order valence-corrected chi connectivity index (χ3v) is 5.59. The summed E-state index contributed by atoms with van der Waals surface area (Å²) in [7, 11) is 0. The summed E-state index contributed by atoms with van der Waals surface area (Å²) in [5.74, 6) is 1.31. The highest BCUT2D eigenvalue weighted by molar-refractivity contribution is 7.15. The van der Waals surface area contributed by atoms with E-state index >= 15 is 0 Å². The fourth-order valence-corrected chi connectivity index (χ4v) is 3.97. The van der Waals surface area contributed by atoms with Crippen LogP contribution in [0.2, 0.25) is 0 Å². The maximum absolute atomic E-state index is 12.8. The fourth-order valence-electron chi connectivity index (χ4n) is 3.06. The van der Waals surface area contributed by atoms with E-state index in [0.717, 1.165) is 36.1 Å². The highest BCUT2D eigenvalue weighted by Gasteiger charge is 2.10. The van der Waals surface area contributed by atoms with Crippen molar-refractivity contribution in [2.75, 3.05) is 6.61 Å². The van der Waals surface area contributed by atoms with Crippen molar-refractivity contribution in [2.45, 2.75) is 26.2 Å². The zero-order valence-corrected chi connectivity index (χ0v) is 17.6. The van der Waals surface area contributed by atoms with Crippen LogP contribution >= 0.6 is 11.3 Å². The lowest BCUT2D eigenvalue weighted by atomic mass is 10.2. The van der Waals surface area contributed by atoms with Crippen molar-refractivity contribution >= 4 is 34.5 Å². The number of thiazole rings is 1. The van der Waals surface area contributed by atoms with Gasteiger partial charge in [-0.15, -0.1) is 5.10 Å². The quantitative estimate of drug-likeness (QED) is 0.398. The van der Waals surface area contributed by atoms with E-state index in [1.54, 1.807) is 0 Å². The summed E-state index contributed by atoms with van der Waals surface area (Å²) in [5.41, 5.74) is 1.78. The van der Waals surface area contributed by atoms with Gasteiger partial charge in [0.1, 0.15) is 5.75 Å². The molecule has 0 amide bonds. The molecule has 0 aliphatic rings. The Balaban J connectivity index is 1.59. The number of hydrogen-bond donors (Lipinski definition) is 0. The predicted octanol–water partition coefficient (Wildman–Crippen LogP) is 4.44. The van der Waals surface area contributed by atoms with Gasteiger partial charge in [-0.3, -0.25) is 4.79 Å². The maximum atomic E-state index is 12.8. The van der Waals surface area contributed by atoms with E-state index in [2.05, 4.69) is 17.0 Å². The summed E-state index contributed by atoms with van der Waals surface area (Å²) in [6.07, 6.45) is 8.93. The van der Waals surface area contributed by atoms with Gasteiger partial charge >= 0.3 is 0 Å². The molecule has 0 atom stereocenters. The molecule has 2 aromatic heterocycles. The van der Waals surface area contributed by atoms with Crippen molar-refractivity contribution in [3.63, 3.8) is 0 Å². The number of para-hydroxylation sites is 1. The van der Waals surface area contributed by atoms with Crippen LogP contribution in [0.3, 0.4) is 0 Å². The van der Waals surface area contributed by atoms with Gasteiger partial charge in [0, 0.05) is 5.56 Å². The molecule has 4 aromatic rings. The lowest BCUT2D eigenvalue weighted by Crippen LogP contribution is -2.23. The van der Waals surface area contributed by atoms with E-state index in [0.29, 0.717) is 21.9 Å². The number of nitrogens with zero attached hydrogens (tertiary/aromatic N) is 3. The van der Waals surface area contributed by atoms with Gasteiger partial charge in [-0.05, 0) is 30.2 Å². The average Bonchev–Trinajstić information content (AvgIpc) is 3.30. The average molecular weight is 418 g/mol. The summed E-state index contributed by atoms with van der Waals surface area (Å²) >= 11 is 1.33. The third kappa shape index (κ3) is 4.66. The van der Waals surface area contributed by atoms with Crippen molar-refractivity contribution in [3.05, 3.63) is 86.4 Å². The second-order valence-corrected chi connectivity index (χ2v) is 7.93. The summed E-state index contributed by atoms with van der Waals surface area (Å²) < 4.78 is 7.88. The van der Waals surface area contributed by atoms with Crippen LogP contribution in [0.1, 0.15) is 43.1 Å². The molecule has 0 bridgehead atoms. The van der Waals surface area contributed by atoms with E-state index < -0.39 is 0 Å². The largest absolute Gasteiger partial charge is 0.493 e. The van der Waals surface area contributed by atoms with Crippen molar-refractivity contribution in [3.8, 4) is 5.75 Å². The van der Waals surface area contributed by atoms with Crippen molar-refractivity contribution in [2.24, 2.45) is 0 Å². The molecule has 0 saturated carbocycles. The number of ether oxygens (including phenoxy) is 1. The van der Waals surface area contributed by atoms with Crippen LogP contribution in [0.5, 0.6) is 5.75 Å². The van der Waals surface area contributed by atoms with E-state index in [9.17, 15) is 4.79 Å². The minimum Gasteiger partial charge on any atom is -0.493 e. The third-order valence-electron chi connectivity index (χ3n) is 4.63. The molecule has 30 heavy (non-hydrogen) atoms. The Kier molecular flexibility index (Phi) is 6.35. The Labute approximate surface area is 179 Å². The Hall–Kier alpha value is -3.25. The fraction of sp³-hybridized carbons (Fsp3) is 0.208. The van der Waals surface area contributed by atoms with Gasteiger partial charge in [0.25, 0.3) is 5.56 Å². The van der Waals surface area contributed by atoms with E-state index in [1.165, 1.54) is 15.9 Å². The highest BCUT2D eigenvalue weighted by Crippen LogP contribution is 2.19. The van der Waals surface area contributed by atoms with Crippen LogP contribution in [0.15, 0.2) is 59.4 Å². The number of unbranched alkanes of at least 4 members (excludes halogenated alkanes) is 2. The lowest BCUT2D eigenvalue weighted by molar-refractivity contribution is 0.305. The Morgan fingerprint density at radius 1 is 1.03 bits per heavy atom. The Morgan fingerprint density at radius 3 is 2.63 bits per heavy atom. The van der Waals surface area contributed by atoms with Crippen LogP contribution in [-0.2, 0) is 0 Å². The van der Waals surface area contributed by atoms with Crippen molar-refractivity contribution in [1.82, 2.24) is 14.6 Å². The maximum Gasteiger partial charge on any atom is 0.291 e. The van der Waals surface area contributed by atoms with Gasteiger partial charge in [0.05, 0.1) is 11.1 Å². The molecule has 0 spiro atoms. The van der Waals surface area contributed by atoms with Crippen LogP contribution < -0.4 is 14.8 Å². The monoisotopic (exact) mass is 417 g/mol. The molecule has 0 fully saturated rings. The molecule has 0 aliphatic heterocycles. The number of rotatable bonds is 8. The predicted molar refractivity (Wildman–Crippen MR) is 123 cm³/mol. The first-order valence-electron chi connectivity index (χ1n) is 10.1. The van der Waals surface area contributed by atoms with Crippen LogP contribution in [0.25, 0.3) is 23.2 Å². The first kappa shape index (κ1) is 20.0. The second-order valence-electron chi connectivity index (χ2n) is 6.92. The molecule has 6 heteroatoms. The highest BCUT2D eigenvalue weighted by atomic mass is 32.1. The van der Waals surface area contributed by atoms with Gasteiger partial charge in [0.2, 0.25) is 4.96 Å². The van der Waals surface area contributed by atoms with Gasteiger partial charge < -0.3 is 4.74 Å². The molecule has 0 radical (unpaired) electrons. The number of hydrogen-bond acceptors (Lipinski definition) is 5. The van der Waals surface area contributed by atoms with Gasteiger partial charge in [0.15, 0.2) is 5.82 Å². The number of fused-ring (bicyclic) bond motifs is 1. The minimum absolute atomic E-state index is 0.164. The normalized spacial score (nSPS) is 12.2. The summed E-state index contributed by atoms with van der Waals surface area (Å²) in [6, 6.07) is 17.7. The Bertz CT molecular complexity index is 1260. The molecule has 4 rings (SSSR count). The Morgan fingerprint density at radius 2 is 1.83 bits per heavy atom. The summed E-state index contributed by atoms with van der Waals surface area (Å²) in [6.45, 7) is 2.84. The first-order valence-corrected chi connectivity index (χ1v) is 10.9. The summed E-state index contributed by atoms with van der Waals surface area (Å²) in [5, 5.41) is 4.35. The van der Waals surface area contributed by atoms with Gasteiger partial charge in [-0.2, -0.15) is 9.50 Å². The molecule has 2 aromatic carbocycles. The molecule has 0 saturated heterocycles. The van der Waals surface area contributed by atoms with Crippen LogP contribution in [0.4, 0.5) is 0 Å². The van der Waals surface area contributed by atoms with Crippen molar-refractivity contribution < 1.29 is 4.74 Å². The number of benzene rings is 2. The lowest BCUT2D eigenvalue weighted by Gasteiger charge is -2.08. The molecule has 0 N–H and O–H groups in total. The molecular weight excluding hydrogens is 394 g/mol. The van der Waals surface area contributed by atoms with Crippen LogP contribution in [-0.4, -0.2) is 21.2 Å². The molecule has 2 heterocycles. The van der Waals surface area contributed by atoms with Crippen molar-refractivity contribution in [1.29, 1.82) is 0 Å². The smallest absolute Gasteiger partial charge is 0.291 e. The molecular formula is C24H23N3O2S. The molecule has 0 aliphatic carbocycles. The molecule has 0 unspecified atom stereocenters. The van der Waals surface area contributed by atoms with E-state index in [1.807, 2.05) is 72.8 Å². The second kappa shape index (κ2) is 9.50. The van der Waals surface area contributed by atoms with Crippen LogP contribution in [0, 0.1) is 0 Å². The zero-order chi connectivity index (χ0) is 20.8. The summed E-state index contributed by atoms with van der Waals surface area (Å²) in [4.78, 5) is 17.9. The van der Waals surface area contributed by atoms with E-state index in [-0.39, 0.29) is 5.56 Å². The SMILES string of the molecule is CCCCCOc1ccccc1C=c1sc2nc(C=Cc3ccccc3)nn2c1=O. The topological polar surface area (TPSA) is 56.5 Å². The van der Waals surface area contributed by atoms with Gasteiger partial charge in [-0.25, -0.2) is 0 Å². The van der Waals surface area contributed by atoms with E-state index in [4.69, 9.17) is 4.74 Å². The minimum atomic E-state index is -0.164. The molecule has 5 nitrogen and oxygen atoms in total. The zero-order valence-electron chi connectivity index (χ0n) is 16.8.